The van der Waals surface area contributed by atoms with E-state index in [0.717, 1.165) is 25.7 Å². The number of fused-ring (bicyclic) bond motifs is 3. The van der Waals surface area contributed by atoms with Gasteiger partial charge in [-0.2, -0.15) is 5.26 Å². The van der Waals surface area contributed by atoms with Crippen molar-refractivity contribution in [2.75, 3.05) is 30.0 Å². The van der Waals surface area contributed by atoms with E-state index in [9.17, 15) is 20.3 Å². The zero-order valence-corrected chi connectivity index (χ0v) is 30.1. The van der Waals surface area contributed by atoms with Crippen LogP contribution in [0.15, 0.2) is 59.8 Å². The fraction of sp³-hybridized carbons (Fsp3) is 0.447. The molecule has 3 fully saturated rings. The van der Waals surface area contributed by atoms with Gasteiger partial charge in [0, 0.05) is 49.1 Å². The molecule has 5 aromatic rings. The molecule has 13 heteroatoms. The Labute approximate surface area is 301 Å². The number of rotatable bonds is 12. The van der Waals surface area contributed by atoms with Crippen molar-refractivity contribution in [1.29, 1.82) is 5.26 Å². The average molecular weight is 711 g/mol. The Morgan fingerprint density at radius 1 is 1.22 bits per heavy atom. The quantitative estimate of drug-likeness (QED) is 0.106. The molecule has 3 heterocycles. The van der Waals surface area contributed by atoms with Gasteiger partial charge in [-0.15, -0.1) is 5.10 Å². The normalized spacial score (nSPS) is 19.5. The van der Waals surface area contributed by atoms with E-state index >= 15 is 0 Å². The Balaban J connectivity index is 1.47. The SMILES string of the molecule is Cn1ccc2c([C@@H](c3cn(C45CCC(C4)C5)nn3)N(c3cc(Cl)c4ncc(C#N)c(NCC(C)(C)C)c4c3)C(O)OCCCO)cccc2c1=O. The molecule has 3 N–H and O–H groups in total. The Hall–Kier alpha value is -4.54. The number of pyridine rings is 2. The second kappa shape index (κ2) is 13.5. The van der Waals surface area contributed by atoms with Crippen molar-refractivity contribution in [1.82, 2.24) is 24.5 Å². The van der Waals surface area contributed by atoms with Crippen LogP contribution in [-0.4, -0.2) is 60.9 Å². The summed E-state index contributed by atoms with van der Waals surface area (Å²) in [4.78, 5) is 19.6. The third kappa shape index (κ3) is 6.44. The van der Waals surface area contributed by atoms with E-state index in [-0.39, 0.29) is 29.7 Å². The highest BCUT2D eigenvalue weighted by atomic mass is 35.5. The van der Waals surface area contributed by atoms with E-state index in [4.69, 9.17) is 21.4 Å². The van der Waals surface area contributed by atoms with Crippen LogP contribution >= 0.6 is 11.6 Å². The molecule has 3 aliphatic carbocycles. The molecular formula is C38H43ClN8O4. The van der Waals surface area contributed by atoms with E-state index in [2.05, 4.69) is 42.4 Å². The van der Waals surface area contributed by atoms with Crippen molar-refractivity contribution in [3.8, 4) is 6.07 Å². The molecular weight excluding hydrogens is 668 g/mol. The lowest BCUT2D eigenvalue weighted by Gasteiger charge is -2.38. The highest BCUT2D eigenvalue weighted by molar-refractivity contribution is 6.36. The number of nitriles is 1. The maximum Gasteiger partial charge on any atom is 0.258 e. The summed E-state index contributed by atoms with van der Waals surface area (Å²) in [5.74, 6) is 0.703. The second-order valence-electron chi connectivity index (χ2n) is 15.1. The molecule has 0 saturated heterocycles. The topological polar surface area (TPSA) is 154 Å². The molecule has 2 bridgehead atoms. The van der Waals surface area contributed by atoms with Crippen molar-refractivity contribution in [2.45, 2.75) is 70.9 Å². The van der Waals surface area contributed by atoms with Crippen molar-refractivity contribution in [2.24, 2.45) is 18.4 Å². The van der Waals surface area contributed by atoms with Crippen LogP contribution in [0.25, 0.3) is 21.7 Å². The number of nitrogens with one attached hydrogen (secondary N) is 1. The molecule has 3 saturated carbocycles. The molecule has 51 heavy (non-hydrogen) atoms. The molecule has 3 aliphatic rings. The average Bonchev–Trinajstić information content (AvgIpc) is 3.85. The molecule has 0 amide bonds. The van der Waals surface area contributed by atoms with E-state index in [0.29, 0.717) is 73.8 Å². The summed E-state index contributed by atoms with van der Waals surface area (Å²) in [7, 11) is 1.71. The number of aromatic nitrogens is 5. The van der Waals surface area contributed by atoms with E-state index in [1.807, 2.05) is 35.1 Å². The number of nitrogens with zero attached hydrogens (tertiary/aromatic N) is 7. The van der Waals surface area contributed by atoms with Crippen LogP contribution in [0.2, 0.25) is 5.02 Å². The number of aliphatic hydroxyl groups excluding tert-OH is 2. The molecule has 2 aromatic carbocycles. The number of halogens is 1. The fourth-order valence-corrected chi connectivity index (χ4v) is 7.94. The van der Waals surface area contributed by atoms with Gasteiger partial charge in [0.05, 0.1) is 40.1 Å². The summed E-state index contributed by atoms with van der Waals surface area (Å²) in [6, 6.07) is 12.4. The Morgan fingerprint density at radius 3 is 2.73 bits per heavy atom. The van der Waals surface area contributed by atoms with Crippen molar-refractivity contribution < 1.29 is 14.9 Å². The minimum absolute atomic E-state index is 0.0635. The van der Waals surface area contributed by atoms with Crippen LogP contribution in [0.4, 0.5) is 11.4 Å². The van der Waals surface area contributed by atoms with E-state index in [1.54, 1.807) is 30.3 Å². The summed E-state index contributed by atoms with van der Waals surface area (Å²) in [6.45, 7) is 6.80. The molecule has 2 atom stereocenters. The van der Waals surface area contributed by atoms with Crippen molar-refractivity contribution >= 4 is 44.7 Å². The number of anilines is 2. The van der Waals surface area contributed by atoms with Crippen LogP contribution in [0.5, 0.6) is 0 Å². The van der Waals surface area contributed by atoms with Gasteiger partial charge in [0.2, 0.25) is 6.41 Å². The van der Waals surface area contributed by atoms with Crippen molar-refractivity contribution in [3.63, 3.8) is 0 Å². The molecule has 8 rings (SSSR count). The maximum atomic E-state index is 13.4. The Morgan fingerprint density at radius 2 is 2.02 bits per heavy atom. The predicted molar refractivity (Wildman–Crippen MR) is 197 cm³/mol. The number of aryl methyl sites for hydroxylation is 1. The van der Waals surface area contributed by atoms with Gasteiger partial charge >= 0.3 is 0 Å². The highest BCUT2D eigenvalue weighted by Gasteiger charge is 2.52. The maximum absolute atomic E-state index is 13.4. The van der Waals surface area contributed by atoms with Crippen LogP contribution in [0, 0.1) is 22.7 Å². The first kappa shape index (κ1) is 34.9. The minimum Gasteiger partial charge on any atom is -0.396 e. The molecule has 12 nitrogen and oxygen atoms in total. The summed E-state index contributed by atoms with van der Waals surface area (Å²) in [6.07, 6.45) is 8.23. The minimum atomic E-state index is -1.56. The van der Waals surface area contributed by atoms with Gasteiger partial charge in [-0.05, 0) is 78.7 Å². The van der Waals surface area contributed by atoms with Crippen LogP contribution in [0.3, 0.4) is 0 Å². The zero-order valence-electron chi connectivity index (χ0n) is 29.3. The third-order valence-electron chi connectivity index (χ3n) is 10.3. The largest absolute Gasteiger partial charge is 0.396 e. The summed E-state index contributed by atoms with van der Waals surface area (Å²) in [5, 5.41) is 46.7. The first-order chi connectivity index (χ1) is 24.4. The Kier molecular flexibility index (Phi) is 9.26. The van der Waals surface area contributed by atoms with Crippen LogP contribution in [0.1, 0.15) is 75.7 Å². The lowest BCUT2D eigenvalue weighted by Crippen LogP contribution is -2.42. The number of hydrogen-bond donors (Lipinski definition) is 3. The van der Waals surface area contributed by atoms with Crippen LogP contribution < -0.4 is 15.8 Å². The first-order valence-electron chi connectivity index (χ1n) is 17.4. The lowest BCUT2D eigenvalue weighted by molar-refractivity contribution is -0.105. The second-order valence-corrected chi connectivity index (χ2v) is 15.6. The van der Waals surface area contributed by atoms with Gasteiger partial charge < -0.3 is 29.7 Å². The highest BCUT2D eigenvalue weighted by Crippen LogP contribution is 2.56. The molecule has 1 unspecified atom stereocenters. The van der Waals surface area contributed by atoms with Gasteiger partial charge in [-0.3, -0.25) is 9.78 Å². The number of hydrogen-bond acceptors (Lipinski definition) is 10. The van der Waals surface area contributed by atoms with Gasteiger partial charge in [-0.25, -0.2) is 4.68 Å². The lowest BCUT2D eigenvalue weighted by atomic mass is 9.77. The first-order valence-corrected chi connectivity index (χ1v) is 17.8. The molecule has 0 spiro atoms. The molecule has 266 valence electrons. The number of ether oxygens (including phenoxy) is 1. The number of benzene rings is 2. The fourth-order valence-electron chi connectivity index (χ4n) is 7.68. The standard InChI is InChI=1S/C38H43ClN8O4/c1-37(2,3)22-42-32-24(19-40)20-41-33-29(32)15-25(16-30(33)39)47(36(50)51-14-6-13-48)34(27-7-5-8-28-26(27)10-12-45(4)35(28)49)31-21-46(44-43-31)38-11-9-23(17-38)18-38/h5,7-8,10,12,15-16,20-21,23,34,36,48,50H,6,9,11,13-14,17-18,22H2,1-4H3,(H,41,42)/t23?,34-,36?,38?/m0/s1. The monoisotopic (exact) mass is 710 g/mol. The summed E-state index contributed by atoms with van der Waals surface area (Å²) < 4.78 is 9.51. The third-order valence-corrected chi connectivity index (χ3v) is 10.6. The van der Waals surface area contributed by atoms with Gasteiger partial charge in [0.1, 0.15) is 17.8 Å². The summed E-state index contributed by atoms with van der Waals surface area (Å²) >= 11 is 7.01. The van der Waals surface area contributed by atoms with E-state index in [1.165, 1.54) is 10.8 Å². The van der Waals surface area contributed by atoms with E-state index < -0.39 is 12.5 Å². The van der Waals surface area contributed by atoms with Gasteiger partial charge in [-0.1, -0.05) is 49.7 Å². The zero-order chi connectivity index (χ0) is 36.1. The molecule has 0 aliphatic heterocycles. The predicted octanol–water partition coefficient (Wildman–Crippen LogP) is 5.83. The number of aliphatic hydroxyl groups is 2. The molecule has 0 radical (unpaired) electrons. The van der Waals surface area contributed by atoms with Gasteiger partial charge in [0.15, 0.2) is 0 Å². The summed E-state index contributed by atoms with van der Waals surface area (Å²) in [5.41, 5.74) is 2.78. The molecule has 3 aromatic heterocycles. The van der Waals surface area contributed by atoms with Crippen LogP contribution in [-0.2, 0) is 17.3 Å². The van der Waals surface area contributed by atoms with Crippen molar-refractivity contribution in [3.05, 3.63) is 87.2 Å². The van der Waals surface area contributed by atoms with Gasteiger partial charge in [0.25, 0.3) is 5.56 Å². The Bertz CT molecular complexity index is 2190. The smallest absolute Gasteiger partial charge is 0.258 e.